The zero-order chi connectivity index (χ0) is 17.5. The first kappa shape index (κ1) is 18.2. The molecule has 2 aromatic rings. The van der Waals surface area contributed by atoms with E-state index in [2.05, 4.69) is 35.1 Å². The van der Waals surface area contributed by atoms with Gasteiger partial charge in [0, 0.05) is 10.2 Å². The first-order valence-electron chi connectivity index (χ1n) is 7.82. The highest BCUT2D eigenvalue weighted by Crippen LogP contribution is 2.20. The number of carbonyl (C=O) groups is 2. The van der Waals surface area contributed by atoms with Gasteiger partial charge in [-0.15, -0.1) is 0 Å². The Bertz CT molecular complexity index is 713. The van der Waals surface area contributed by atoms with Gasteiger partial charge in [-0.05, 0) is 58.1 Å². The molecule has 2 rings (SSSR count). The molecule has 4 nitrogen and oxygen atoms in total. The van der Waals surface area contributed by atoms with Gasteiger partial charge in [0.2, 0.25) is 0 Å². The average Bonchev–Trinajstić information content (AvgIpc) is 2.60. The third kappa shape index (κ3) is 4.93. The van der Waals surface area contributed by atoms with Crippen LogP contribution in [0.1, 0.15) is 42.1 Å². The Morgan fingerprint density at radius 3 is 2.42 bits per heavy atom. The number of hydrogen-bond donors (Lipinski definition) is 1. The van der Waals surface area contributed by atoms with Crippen molar-refractivity contribution in [1.82, 2.24) is 0 Å². The molecule has 5 heteroatoms. The van der Waals surface area contributed by atoms with Gasteiger partial charge in [-0.1, -0.05) is 38.1 Å². The largest absolute Gasteiger partial charge is 0.452 e. The van der Waals surface area contributed by atoms with E-state index in [1.165, 1.54) is 5.56 Å². The Morgan fingerprint density at radius 2 is 1.79 bits per heavy atom. The summed E-state index contributed by atoms with van der Waals surface area (Å²) in [6.07, 6.45) is 1.07. The molecule has 0 radical (unpaired) electrons. The maximum Gasteiger partial charge on any atom is 0.339 e. The van der Waals surface area contributed by atoms with Crippen LogP contribution in [-0.2, 0) is 9.53 Å². The number of ether oxygens (including phenoxy) is 1. The summed E-state index contributed by atoms with van der Waals surface area (Å²) in [6.45, 7) is 3.97. The predicted octanol–water partition coefficient (Wildman–Crippen LogP) is 4.76. The number of benzene rings is 2. The van der Waals surface area contributed by atoms with Crippen LogP contribution >= 0.6 is 15.9 Å². The van der Waals surface area contributed by atoms with Crippen LogP contribution in [0.3, 0.4) is 0 Å². The fraction of sp³-hybridized carbons (Fsp3) is 0.263. The van der Waals surface area contributed by atoms with Crippen molar-refractivity contribution in [1.29, 1.82) is 0 Å². The molecule has 0 spiro atoms. The third-order valence-electron chi connectivity index (χ3n) is 3.80. The van der Waals surface area contributed by atoms with E-state index in [0.29, 0.717) is 21.6 Å². The maximum absolute atomic E-state index is 11.9. The van der Waals surface area contributed by atoms with E-state index in [1.54, 1.807) is 24.3 Å². The molecule has 2 aromatic carbocycles. The van der Waals surface area contributed by atoms with Crippen LogP contribution in [0, 0.1) is 0 Å². The second-order valence-corrected chi connectivity index (χ2v) is 6.39. The molecule has 0 aliphatic rings. The second-order valence-electron chi connectivity index (χ2n) is 5.54. The number of halogens is 1. The molecule has 0 fully saturated rings. The molecule has 0 aliphatic carbocycles. The minimum Gasteiger partial charge on any atom is -0.452 e. The lowest BCUT2D eigenvalue weighted by Gasteiger charge is -2.11. The van der Waals surface area contributed by atoms with E-state index in [0.717, 1.165) is 6.42 Å². The van der Waals surface area contributed by atoms with Crippen molar-refractivity contribution in [2.75, 3.05) is 11.9 Å². The molecule has 1 atom stereocenters. The molecular weight excluding hydrogens is 370 g/mol. The summed E-state index contributed by atoms with van der Waals surface area (Å²) >= 11 is 3.28. The molecule has 1 N–H and O–H groups in total. The number of anilines is 1. The molecule has 0 heterocycles. The Hall–Kier alpha value is -2.14. The predicted molar refractivity (Wildman–Crippen MR) is 98.2 cm³/mol. The normalized spacial score (nSPS) is 11.6. The van der Waals surface area contributed by atoms with Gasteiger partial charge in [0.25, 0.3) is 5.91 Å². The van der Waals surface area contributed by atoms with Gasteiger partial charge in [-0.25, -0.2) is 4.79 Å². The van der Waals surface area contributed by atoms with Crippen molar-refractivity contribution in [3.05, 3.63) is 64.1 Å². The maximum atomic E-state index is 11.9. The van der Waals surface area contributed by atoms with E-state index in [1.807, 2.05) is 24.3 Å². The van der Waals surface area contributed by atoms with Crippen molar-refractivity contribution in [3.8, 4) is 0 Å². The van der Waals surface area contributed by atoms with Crippen LogP contribution in [-0.4, -0.2) is 18.5 Å². The minimum atomic E-state index is -0.537. The Balaban J connectivity index is 1.87. The van der Waals surface area contributed by atoms with Crippen molar-refractivity contribution >= 4 is 33.5 Å². The quantitative estimate of drug-likeness (QED) is 0.724. The highest BCUT2D eigenvalue weighted by Gasteiger charge is 2.13. The molecule has 126 valence electrons. The zero-order valence-corrected chi connectivity index (χ0v) is 15.3. The fourth-order valence-corrected chi connectivity index (χ4v) is 2.61. The van der Waals surface area contributed by atoms with Gasteiger partial charge in [-0.3, -0.25) is 4.79 Å². The Kier molecular flexibility index (Phi) is 6.55. The van der Waals surface area contributed by atoms with Crippen LogP contribution in [0.4, 0.5) is 5.69 Å². The smallest absolute Gasteiger partial charge is 0.339 e. The van der Waals surface area contributed by atoms with Crippen molar-refractivity contribution < 1.29 is 14.3 Å². The highest BCUT2D eigenvalue weighted by molar-refractivity contribution is 9.10. The summed E-state index contributed by atoms with van der Waals surface area (Å²) in [5, 5.41) is 2.72. The first-order valence-corrected chi connectivity index (χ1v) is 8.62. The monoisotopic (exact) mass is 389 g/mol. The van der Waals surface area contributed by atoms with Gasteiger partial charge >= 0.3 is 5.97 Å². The van der Waals surface area contributed by atoms with Gasteiger partial charge in [0.05, 0.1) is 5.56 Å². The third-order valence-corrected chi connectivity index (χ3v) is 4.50. The van der Waals surface area contributed by atoms with E-state index < -0.39 is 5.97 Å². The Morgan fingerprint density at radius 1 is 1.12 bits per heavy atom. The highest BCUT2D eigenvalue weighted by atomic mass is 79.9. The van der Waals surface area contributed by atoms with E-state index >= 15 is 0 Å². The van der Waals surface area contributed by atoms with Gasteiger partial charge in [0.1, 0.15) is 0 Å². The second kappa shape index (κ2) is 8.64. The molecule has 0 aromatic heterocycles. The standard InChI is InChI=1S/C19H20BrNO3/c1-3-13(2)14-8-10-15(11-9-14)21-18(22)12-24-19(23)16-6-4-5-7-17(16)20/h4-11,13H,3,12H2,1-2H3,(H,21,22)/t13-/m1/s1. The van der Waals surface area contributed by atoms with E-state index in [9.17, 15) is 9.59 Å². The summed E-state index contributed by atoms with van der Waals surface area (Å²) in [6, 6.07) is 14.6. The number of hydrogen-bond acceptors (Lipinski definition) is 3. The van der Waals surface area contributed by atoms with Crippen molar-refractivity contribution in [2.24, 2.45) is 0 Å². The van der Waals surface area contributed by atoms with Gasteiger partial charge in [-0.2, -0.15) is 0 Å². The summed E-state index contributed by atoms with van der Waals surface area (Å²) in [5.41, 5.74) is 2.31. The molecule has 0 saturated heterocycles. The number of rotatable bonds is 6. The Labute approximate surface area is 150 Å². The first-order chi connectivity index (χ1) is 11.5. The van der Waals surface area contributed by atoms with E-state index in [4.69, 9.17) is 4.74 Å². The number of nitrogens with one attached hydrogen (secondary N) is 1. The molecule has 1 amide bonds. The van der Waals surface area contributed by atoms with Crippen LogP contribution < -0.4 is 5.32 Å². The molecule has 24 heavy (non-hydrogen) atoms. The summed E-state index contributed by atoms with van der Waals surface area (Å²) < 4.78 is 5.68. The number of esters is 1. The van der Waals surface area contributed by atoms with Crippen LogP contribution in [0.5, 0.6) is 0 Å². The SMILES string of the molecule is CC[C@@H](C)c1ccc(NC(=O)COC(=O)c2ccccc2Br)cc1. The summed E-state index contributed by atoms with van der Waals surface area (Å²) in [7, 11) is 0. The number of amides is 1. The topological polar surface area (TPSA) is 55.4 Å². The summed E-state index contributed by atoms with van der Waals surface area (Å²) in [4.78, 5) is 23.9. The lowest BCUT2D eigenvalue weighted by atomic mass is 9.99. The average molecular weight is 390 g/mol. The zero-order valence-electron chi connectivity index (χ0n) is 13.7. The molecule has 0 aliphatic heterocycles. The van der Waals surface area contributed by atoms with Gasteiger partial charge in [0.15, 0.2) is 6.61 Å². The van der Waals surface area contributed by atoms with Crippen LogP contribution in [0.15, 0.2) is 53.0 Å². The minimum absolute atomic E-state index is 0.326. The molecule has 0 unspecified atom stereocenters. The molecule has 0 saturated carbocycles. The van der Waals surface area contributed by atoms with E-state index in [-0.39, 0.29) is 12.5 Å². The van der Waals surface area contributed by atoms with Crippen molar-refractivity contribution in [2.45, 2.75) is 26.2 Å². The number of carbonyl (C=O) groups excluding carboxylic acids is 2. The molecule has 0 bridgehead atoms. The van der Waals surface area contributed by atoms with Crippen LogP contribution in [0.25, 0.3) is 0 Å². The summed E-state index contributed by atoms with van der Waals surface area (Å²) in [5.74, 6) is -0.420. The lowest BCUT2D eigenvalue weighted by Crippen LogP contribution is -2.21. The van der Waals surface area contributed by atoms with Crippen molar-refractivity contribution in [3.63, 3.8) is 0 Å². The lowest BCUT2D eigenvalue weighted by molar-refractivity contribution is -0.119. The fourth-order valence-electron chi connectivity index (χ4n) is 2.16. The molecular formula is C19H20BrNO3. The van der Waals surface area contributed by atoms with Gasteiger partial charge < -0.3 is 10.1 Å². The van der Waals surface area contributed by atoms with Crippen LogP contribution in [0.2, 0.25) is 0 Å².